The van der Waals surface area contributed by atoms with Gasteiger partial charge in [-0.1, -0.05) is 125 Å². The maximum atomic E-state index is 12.7. The molecule has 4 nitrogen and oxygen atoms in total. The van der Waals surface area contributed by atoms with E-state index < -0.39 is 0 Å². The normalized spacial score (nSPS) is 13.2. The lowest BCUT2D eigenvalue weighted by atomic mass is 9.74. The summed E-state index contributed by atoms with van der Waals surface area (Å²) in [7, 11) is 0. The van der Waals surface area contributed by atoms with Gasteiger partial charge in [0.1, 0.15) is 0 Å². The van der Waals surface area contributed by atoms with Crippen LogP contribution in [0.15, 0.2) is 0 Å². The lowest BCUT2D eigenvalue weighted by Gasteiger charge is -2.31. The van der Waals surface area contributed by atoms with E-state index >= 15 is 0 Å². The second-order valence-corrected chi connectivity index (χ2v) is 11.6. The van der Waals surface area contributed by atoms with Crippen LogP contribution in [-0.4, -0.2) is 25.2 Å². The molecule has 4 heteroatoms. The van der Waals surface area contributed by atoms with Gasteiger partial charge in [-0.15, -0.1) is 0 Å². The molecule has 0 N–H and O–H groups in total. The minimum atomic E-state index is -0.0271. The van der Waals surface area contributed by atoms with Gasteiger partial charge in [0.15, 0.2) is 0 Å². The van der Waals surface area contributed by atoms with Crippen LogP contribution in [0.2, 0.25) is 0 Å². The van der Waals surface area contributed by atoms with E-state index in [-0.39, 0.29) is 17.9 Å². The number of carbonyl (C=O) groups excluding carboxylic acids is 2. The van der Waals surface area contributed by atoms with Gasteiger partial charge >= 0.3 is 11.9 Å². The second kappa shape index (κ2) is 24.3. The minimum absolute atomic E-state index is 0.0231. The molecule has 0 saturated heterocycles. The van der Waals surface area contributed by atoms with Crippen molar-refractivity contribution in [3.63, 3.8) is 0 Å². The van der Waals surface area contributed by atoms with E-state index in [1.807, 2.05) is 6.92 Å². The third-order valence-corrected chi connectivity index (χ3v) is 7.39. The highest BCUT2D eigenvalue weighted by Gasteiger charge is 2.33. The van der Waals surface area contributed by atoms with Gasteiger partial charge < -0.3 is 9.47 Å². The summed E-state index contributed by atoms with van der Waals surface area (Å²) in [6, 6.07) is 0. The van der Waals surface area contributed by atoms with Crippen LogP contribution < -0.4 is 0 Å². The zero-order valence-corrected chi connectivity index (χ0v) is 25.1. The summed E-state index contributed by atoms with van der Waals surface area (Å²) in [5.74, 6) is 1.31. The van der Waals surface area contributed by atoms with Gasteiger partial charge in [-0.2, -0.15) is 0 Å². The summed E-state index contributed by atoms with van der Waals surface area (Å²) < 4.78 is 10.6. The molecule has 0 bridgehead atoms. The molecule has 0 radical (unpaired) electrons. The molecule has 0 spiro atoms. The quantitative estimate of drug-likeness (QED) is 0.0906. The molecule has 0 heterocycles. The summed E-state index contributed by atoms with van der Waals surface area (Å²) >= 11 is 0. The van der Waals surface area contributed by atoms with Crippen molar-refractivity contribution in [1.82, 2.24) is 0 Å². The van der Waals surface area contributed by atoms with Crippen LogP contribution in [0.4, 0.5) is 0 Å². The van der Waals surface area contributed by atoms with Crippen molar-refractivity contribution in [3.05, 3.63) is 0 Å². The monoisotopic (exact) mass is 510 g/mol. The fourth-order valence-corrected chi connectivity index (χ4v) is 5.23. The van der Waals surface area contributed by atoms with Crippen LogP contribution >= 0.6 is 0 Å². The molecule has 2 unspecified atom stereocenters. The molecule has 0 aliphatic heterocycles. The van der Waals surface area contributed by atoms with E-state index in [0.29, 0.717) is 37.4 Å². The number of hydrogen-bond donors (Lipinski definition) is 0. The summed E-state index contributed by atoms with van der Waals surface area (Å²) in [6.45, 7) is 14.1. The third-order valence-electron chi connectivity index (χ3n) is 7.39. The van der Waals surface area contributed by atoms with Gasteiger partial charge in [0.05, 0.1) is 19.1 Å². The van der Waals surface area contributed by atoms with Crippen molar-refractivity contribution >= 4 is 11.9 Å². The highest BCUT2D eigenvalue weighted by Crippen LogP contribution is 2.33. The maximum Gasteiger partial charge on any atom is 0.309 e. The lowest BCUT2D eigenvalue weighted by molar-refractivity contribution is -0.153. The predicted octanol–water partition coefficient (Wildman–Crippen LogP) is 9.68. The molecule has 0 amide bonds. The van der Waals surface area contributed by atoms with E-state index in [1.165, 1.54) is 77.0 Å². The van der Waals surface area contributed by atoms with Gasteiger partial charge in [0, 0.05) is 6.42 Å². The number of ether oxygens (including phenoxy) is 2. The van der Waals surface area contributed by atoms with Crippen LogP contribution in [0.5, 0.6) is 0 Å². The standard InChI is InChI=1S/C32H62O4/c1-7-25-35-30(33)24-22-20-18-16-14-12-10-9-11-13-15-17-19-21-23-29(27(3)4)31(28(5)6)32(34)36-26-8-2/h27-29,31H,7-26H2,1-6H3. The Bertz CT molecular complexity index is 514. The number of esters is 2. The van der Waals surface area contributed by atoms with E-state index in [0.717, 1.165) is 32.1 Å². The summed E-state index contributed by atoms with van der Waals surface area (Å²) in [6.07, 6.45) is 21.5. The fraction of sp³-hybridized carbons (Fsp3) is 0.938. The number of unbranched alkanes of at least 4 members (excludes halogenated alkanes) is 13. The Balaban J connectivity index is 3.71. The van der Waals surface area contributed by atoms with Gasteiger partial charge in [-0.05, 0) is 43.4 Å². The van der Waals surface area contributed by atoms with Gasteiger partial charge in [0.25, 0.3) is 0 Å². The molecule has 0 aromatic rings. The summed E-state index contributed by atoms with van der Waals surface area (Å²) in [4.78, 5) is 24.1. The van der Waals surface area contributed by atoms with Crippen molar-refractivity contribution in [2.45, 2.75) is 157 Å². The van der Waals surface area contributed by atoms with Gasteiger partial charge in [-0.3, -0.25) is 9.59 Å². The first kappa shape index (κ1) is 34.9. The maximum absolute atomic E-state index is 12.7. The van der Waals surface area contributed by atoms with Crippen molar-refractivity contribution in [2.75, 3.05) is 13.2 Å². The predicted molar refractivity (Wildman–Crippen MR) is 153 cm³/mol. The Morgan fingerprint density at radius 1 is 0.556 bits per heavy atom. The molecule has 0 aliphatic carbocycles. The first-order valence-electron chi connectivity index (χ1n) is 15.7. The molecule has 2 atom stereocenters. The van der Waals surface area contributed by atoms with E-state index in [9.17, 15) is 9.59 Å². The number of hydrogen-bond acceptors (Lipinski definition) is 4. The van der Waals surface area contributed by atoms with Crippen LogP contribution in [0, 0.1) is 23.7 Å². The molecular weight excluding hydrogens is 448 g/mol. The van der Waals surface area contributed by atoms with Crippen molar-refractivity contribution in [2.24, 2.45) is 23.7 Å². The molecule has 0 rings (SSSR count). The molecule has 0 saturated carbocycles. The smallest absolute Gasteiger partial charge is 0.309 e. The van der Waals surface area contributed by atoms with Gasteiger partial charge in [-0.25, -0.2) is 0 Å². The minimum Gasteiger partial charge on any atom is -0.466 e. The second-order valence-electron chi connectivity index (χ2n) is 11.6. The number of rotatable bonds is 25. The summed E-state index contributed by atoms with van der Waals surface area (Å²) in [5.41, 5.74) is 0. The van der Waals surface area contributed by atoms with E-state index in [4.69, 9.17) is 9.47 Å². The highest BCUT2D eigenvalue weighted by atomic mass is 16.5. The molecule has 0 aromatic carbocycles. The zero-order chi connectivity index (χ0) is 27.0. The van der Waals surface area contributed by atoms with Crippen LogP contribution in [0.1, 0.15) is 157 Å². The largest absolute Gasteiger partial charge is 0.466 e. The SMILES string of the molecule is CCCOC(=O)CCCCCCCCCCCCCCCCC(C(C)C)C(C(=O)OCCC)C(C)C. The summed E-state index contributed by atoms with van der Waals surface area (Å²) in [5, 5.41) is 0. The van der Waals surface area contributed by atoms with E-state index in [2.05, 4.69) is 34.6 Å². The van der Waals surface area contributed by atoms with Gasteiger partial charge in [0.2, 0.25) is 0 Å². The Morgan fingerprint density at radius 3 is 1.39 bits per heavy atom. The van der Waals surface area contributed by atoms with Crippen molar-refractivity contribution in [3.8, 4) is 0 Å². The first-order valence-corrected chi connectivity index (χ1v) is 15.7. The Labute approximate surface area is 225 Å². The molecule has 0 aromatic heterocycles. The molecule has 0 aliphatic rings. The average molecular weight is 511 g/mol. The van der Waals surface area contributed by atoms with E-state index in [1.54, 1.807) is 0 Å². The molecule has 214 valence electrons. The van der Waals surface area contributed by atoms with Crippen LogP contribution in [-0.2, 0) is 19.1 Å². The topological polar surface area (TPSA) is 52.6 Å². The van der Waals surface area contributed by atoms with Crippen LogP contribution in [0.3, 0.4) is 0 Å². The van der Waals surface area contributed by atoms with Crippen molar-refractivity contribution in [1.29, 1.82) is 0 Å². The molecule has 0 fully saturated rings. The number of carbonyl (C=O) groups is 2. The fourth-order valence-electron chi connectivity index (χ4n) is 5.23. The Hall–Kier alpha value is -1.06. The molecular formula is C32H62O4. The lowest BCUT2D eigenvalue weighted by Crippen LogP contribution is -2.33. The Morgan fingerprint density at radius 2 is 0.972 bits per heavy atom. The zero-order valence-electron chi connectivity index (χ0n) is 25.1. The average Bonchev–Trinajstić information content (AvgIpc) is 2.84. The third kappa shape index (κ3) is 19.1. The van der Waals surface area contributed by atoms with Crippen molar-refractivity contribution < 1.29 is 19.1 Å². The molecule has 36 heavy (non-hydrogen) atoms. The first-order chi connectivity index (χ1) is 17.3. The Kier molecular flexibility index (Phi) is 23.6. The van der Waals surface area contributed by atoms with Crippen LogP contribution in [0.25, 0.3) is 0 Å². The highest BCUT2D eigenvalue weighted by molar-refractivity contribution is 5.73.